The predicted molar refractivity (Wildman–Crippen MR) is 202 cm³/mol. The Hall–Kier alpha value is -5.55. The molecule has 1 aliphatic carbocycles. The van der Waals surface area contributed by atoms with Gasteiger partial charge in [-0.15, -0.1) is 0 Å². The van der Waals surface area contributed by atoms with Crippen LogP contribution < -0.4 is 14.5 Å². The third-order valence-corrected chi connectivity index (χ3v) is 8.86. The van der Waals surface area contributed by atoms with Gasteiger partial charge >= 0.3 is 5.97 Å². The summed E-state index contributed by atoms with van der Waals surface area (Å²) < 4.78 is 11.3. The van der Waals surface area contributed by atoms with Gasteiger partial charge in [0.2, 0.25) is 0 Å². The summed E-state index contributed by atoms with van der Waals surface area (Å²) in [6.45, 7) is 4.74. The molecular formula is C44H44N2O3. The number of para-hydroxylation sites is 3. The Morgan fingerprint density at radius 3 is 1.78 bits per heavy atom. The second-order valence-corrected chi connectivity index (χ2v) is 12.3. The highest BCUT2D eigenvalue weighted by atomic mass is 16.5. The number of carbonyl (C=O) groups excluding carboxylic acids is 1. The van der Waals surface area contributed by atoms with Crippen LogP contribution in [0.3, 0.4) is 0 Å². The normalized spacial score (nSPS) is 14.4. The first-order valence-electron chi connectivity index (χ1n) is 17.2. The lowest BCUT2D eigenvalue weighted by Crippen LogP contribution is -2.30. The Labute approximate surface area is 290 Å². The molecule has 0 fully saturated rings. The monoisotopic (exact) mass is 648 g/mol. The molecule has 0 N–H and O–H groups in total. The van der Waals surface area contributed by atoms with Crippen LogP contribution in [0.5, 0.6) is 5.75 Å². The molecule has 0 aromatic heterocycles. The van der Waals surface area contributed by atoms with Gasteiger partial charge in [-0.2, -0.15) is 0 Å². The first kappa shape index (κ1) is 33.4. The van der Waals surface area contributed by atoms with Crippen LogP contribution in [0.15, 0.2) is 158 Å². The van der Waals surface area contributed by atoms with Crippen molar-refractivity contribution in [2.75, 3.05) is 23.0 Å². The van der Waals surface area contributed by atoms with Gasteiger partial charge in [0.1, 0.15) is 5.75 Å². The fraction of sp³-hybridized carbons (Fsp3) is 0.205. The third-order valence-electron chi connectivity index (χ3n) is 8.86. The van der Waals surface area contributed by atoms with Crippen molar-refractivity contribution in [1.82, 2.24) is 0 Å². The minimum Gasteiger partial charge on any atom is -0.493 e. The van der Waals surface area contributed by atoms with Crippen LogP contribution >= 0.6 is 0 Å². The molecular weight excluding hydrogens is 604 g/mol. The number of esters is 1. The van der Waals surface area contributed by atoms with E-state index in [0.717, 1.165) is 47.0 Å². The molecule has 5 aromatic rings. The van der Waals surface area contributed by atoms with Crippen LogP contribution in [0.25, 0.3) is 5.57 Å². The number of anilines is 5. The second kappa shape index (κ2) is 16.5. The van der Waals surface area contributed by atoms with Crippen molar-refractivity contribution in [3.8, 4) is 5.75 Å². The summed E-state index contributed by atoms with van der Waals surface area (Å²) >= 11 is 0. The van der Waals surface area contributed by atoms with Gasteiger partial charge in [-0.25, -0.2) is 0 Å². The van der Waals surface area contributed by atoms with Gasteiger partial charge in [-0.3, -0.25) is 4.79 Å². The van der Waals surface area contributed by atoms with E-state index in [2.05, 4.69) is 137 Å². The Morgan fingerprint density at radius 1 is 0.694 bits per heavy atom. The van der Waals surface area contributed by atoms with Crippen LogP contribution in [-0.2, 0) is 9.53 Å². The maximum absolute atomic E-state index is 11.9. The van der Waals surface area contributed by atoms with Gasteiger partial charge < -0.3 is 19.3 Å². The fourth-order valence-corrected chi connectivity index (χ4v) is 5.97. The highest BCUT2D eigenvalue weighted by Crippen LogP contribution is 2.37. The van der Waals surface area contributed by atoms with Crippen molar-refractivity contribution in [2.45, 2.75) is 39.2 Å². The molecule has 2 unspecified atom stereocenters. The molecule has 5 nitrogen and oxygen atoms in total. The topological polar surface area (TPSA) is 42.0 Å². The molecule has 0 amide bonds. The summed E-state index contributed by atoms with van der Waals surface area (Å²) in [5.41, 5.74) is 8.02. The van der Waals surface area contributed by atoms with E-state index in [4.69, 9.17) is 9.47 Å². The molecule has 0 radical (unpaired) electrons. The molecule has 0 bridgehead atoms. The minimum atomic E-state index is -0.140. The Balaban J connectivity index is 1.13. The van der Waals surface area contributed by atoms with Crippen molar-refractivity contribution < 1.29 is 14.3 Å². The molecule has 49 heavy (non-hydrogen) atoms. The molecule has 0 spiro atoms. The Morgan fingerprint density at radius 2 is 1.22 bits per heavy atom. The lowest BCUT2D eigenvalue weighted by molar-refractivity contribution is -0.148. The number of hydrogen-bond acceptors (Lipinski definition) is 5. The van der Waals surface area contributed by atoms with Crippen LogP contribution in [0.4, 0.5) is 28.4 Å². The van der Waals surface area contributed by atoms with Crippen molar-refractivity contribution in [1.29, 1.82) is 0 Å². The Bertz CT molecular complexity index is 1780. The zero-order valence-corrected chi connectivity index (χ0v) is 28.3. The predicted octanol–water partition coefficient (Wildman–Crippen LogP) is 11.1. The fourth-order valence-electron chi connectivity index (χ4n) is 5.97. The van der Waals surface area contributed by atoms with Crippen LogP contribution in [0, 0.1) is 5.92 Å². The molecule has 0 saturated carbocycles. The summed E-state index contributed by atoms with van der Waals surface area (Å²) in [6, 6.07) is 48.7. The molecule has 1 aliphatic rings. The summed E-state index contributed by atoms with van der Waals surface area (Å²) in [6.07, 6.45) is 9.21. The smallest absolute Gasteiger partial charge is 0.308 e. The zero-order valence-electron chi connectivity index (χ0n) is 28.3. The van der Waals surface area contributed by atoms with Crippen LogP contribution in [0.2, 0.25) is 0 Å². The van der Waals surface area contributed by atoms with Crippen molar-refractivity contribution in [2.24, 2.45) is 5.92 Å². The van der Waals surface area contributed by atoms with Crippen LogP contribution in [0.1, 0.15) is 38.7 Å². The average molecular weight is 649 g/mol. The van der Waals surface area contributed by atoms with Crippen molar-refractivity contribution in [3.05, 3.63) is 163 Å². The number of benzene rings is 5. The molecule has 2 atom stereocenters. The largest absolute Gasteiger partial charge is 0.493 e. The van der Waals surface area contributed by atoms with Crippen molar-refractivity contribution >= 4 is 40.0 Å². The van der Waals surface area contributed by atoms with Crippen molar-refractivity contribution in [3.63, 3.8) is 0 Å². The quantitative estimate of drug-likeness (QED) is 0.0885. The number of nitrogens with zero attached hydrogens (tertiary/aromatic N) is 2. The lowest BCUT2D eigenvalue weighted by Gasteiger charge is -2.33. The summed E-state index contributed by atoms with van der Waals surface area (Å²) in [5, 5.41) is 0. The van der Waals surface area contributed by atoms with E-state index < -0.39 is 0 Å². The average Bonchev–Trinajstić information content (AvgIpc) is 3.17. The highest BCUT2D eigenvalue weighted by Gasteiger charge is 2.21. The molecule has 5 aromatic carbocycles. The van der Waals surface area contributed by atoms with E-state index in [1.54, 1.807) is 0 Å². The zero-order chi connectivity index (χ0) is 33.8. The summed E-state index contributed by atoms with van der Waals surface area (Å²) in [5.74, 6) is 0.594. The van der Waals surface area contributed by atoms with E-state index in [1.165, 1.54) is 11.1 Å². The summed E-state index contributed by atoms with van der Waals surface area (Å²) in [4.78, 5) is 16.6. The SMILES string of the molecule is CCC(C)C(=O)OCCCOc1ccc(N(c2ccccc2)C2C=CC(c3ccc(N(c4ccccc4)c4ccccc4)cc3)=CC2)cc1. The third kappa shape index (κ3) is 8.49. The molecule has 5 heteroatoms. The lowest BCUT2D eigenvalue weighted by atomic mass is 9.95. The first-order chi connectivity index (χ1) is 24.1. The molecule has 0 aliphatic heterocycles. The summed E-state index contributed by atoms with van der Waals surface area (Å²) in [7, 11) is 0. The van der Waals surface area contributed by atoms with Gasteiger partial charge in [0.25, 0.3) is 0 Å². The molecule has 0 saturated heterocycles. The van der Waals surface area contributed by atoms with Gasteiger partial charge in [-0.05, 0) is 96.8 Å². The van der Waals surface area contributed by atoms with Gasteiger partial charge in [0.15, 0.2) is 0 Å². The maximum atomic E-state index is 11.9. The van der Waals surface area contributed by atoms with Gasteiger partial charge in [-0.1, -0.05) is 98.8 Å². The number of carbonyl (C=O) groups is 1. The van der Waals surface area contributed by atoms with Crippen LogP contribution in [-0.4, -0.2) is 25.2 Å². The highest BCUT2D eigenvalue weighted by molar-refractivity contribution is 5.81. The van der Waals surface area contributed by atoms with E-state index >= 15 is 0 Å². The maximum Gasteiger partial charge on any atom is 0.308 e. The van der Waals surface area contributed by atoms with E-state index in [-0.39, 0.29) is 17.9 Å². The number of hydrogen-bond donors (Lipinski definition) is 0. The van der Waals surface area contributed by atoms with E-state index in [1.807, 2.05) is 44.2 Å². The standard InChI is InChI=1S/C44H44N2O3/c1-3-34(2)44(47)49-33-13-32-48-43-30-28-42(29-31-43)46(39-18-11-6-12-19-39)41-26-22-36(23-27-41)35-20-24-40(25-21-35)45(37-14-7-4-8-15-37)38-16-9-5-10-17-38/h4-12,14-26,28-31,34,41H,3,13,27,32-33H2,1-2H3. The molecule has 0 heterocycles. The second-order valence-electron chi connectivity index (χ2n) is 12.3. The number of ether oxygens (including phenoxy) is 2. The molecule has 248 valence electrons. The van der Waals surface area contributed by atoms with Gasteiger partial charge in [0, 0.05) is 34.9 Å². The molecule has 6 rings (SSSR count). The van der Waals surface area contributed by atoms with E-state index in [9.17, 15) is 4.79 Å². The minimum absolute atomic E-state index is 0.0644. The van der Waals surface area contributed by atoms with E-state index in [0.29, 0.717) is 19.6 Å². The number of allylic oxidation sites excluding steroid dienone is 2. The number of rotatable bonds is 14. The van der Waals surface area contributed by atoms with Gasteiger partial charge in [0.05, 0.1) is 25.2 Å². The Kier molecular flexibility index (Phi) is 11.2. The first-order valence-corrected chi connectivity index (χ1v) is 17.2.